The summed E-state index contributed by atoms with van der Waals surface area (Å²) in [6.07, 6.45) is 3.39. The van der Waals surface area contributed by atoms with E-state index >= 15 is 0 Å². The van der Waals surface area contributed by atoms with Gasteiger partial charge in [0.2, 0.25) is 0 Å². The van der Waals surface area contributed by atoms with Crippen LogP contribution in [0.5, 0.6) is 0 Å². The molecule has 60 valence electrons. The summed E-state index contributed by atoms with van der Waals surface area (Å²) < 4.78 is 0.889. The topological polar surface area (TPSA) is 25.8 Å². The molecule has 0 fully saturated rings. The van der Waals surface area contributed by atoms with Crippen LogP contribution in [0, 0.1) is 0 Å². The smallest absolute Gasteiger partial charge is 0.116 e. The average molecular weight is 215 g/mol. The van der Waals surface area contributed by atoms with Gasteiger partial charge in [0.25, 0.3) is 0 Å². The summed E-state index contributed by atoms with van der Waals surface area (Å²) >= 11 is 3.38. The molecule has 0 amide bonds. The highest BCUT2D eigenvalue weighted by molar-refractivity contribution is 9.10. The number of aromatic nitrogens is 2. The zero-order valence-corrected chi connectivity index (χ0v) is 8.51. The van der Waals surface area contributed by atoms with E-state index in [0.717, 1.165) is 10.2 Å². The Morgan fingerprint density at radius 3 is 2.36 bits per heavy atom. The Morgan fingerprint density at radius 1 is 1.36 bits per heavy atom. The zero-order chi connectivity index (χ0) is 8.48. The van der Waals surface area contributed by atoms with Gasteiger partial charge in [0.1, 0.15) is 10.9 Å². The maximum Gasteiger partial charge on any atom is 0.116 e. The molecule has 0 atom stereocenters. The number of nitrogens with zero attached hydrogens (tertiary/aromatic N) is 2. The van der Waals surface area contributed by atoms with Crippen LogP contribution in [-0.2, 0) is 5.41 Å². The fourth-order valence-corrected chi connectivity index (χ4v) is 1.61. The fourth-order valence-electron chi connectivity index (χ4n) is 0.818. The lowest BCUT2D eigenvalue weighted by molar-refractivity contribution is 0.580. The van der Waals surface area contributed by atoms with Crippen LogP contribution in [0.15, 0.2) is 17.1 Å². The minimum Gasteiger partial charge on any atom is -0.244 e. The predicted molar refractivity (Wildman–Crippen MR) is 48.4 cm³/mol. The SMILES string of the molecule is CC(C)(C)c1cncnc1Br. The van der Waals surface area contributed by atoms with Gasteiger partial charge in [-0.2, -0.15) is 0 Å². The molecule has 1 aromatic heterocycles. The maximum atomic E-state index is 4.05. The van der Waals surface area contributed by atoms with Gasteiger partial charge in [-0.1, -0.05) is 20.8 Å². The van der Waals surface area contributed by atoms with Crippen LogP contribution >= 0.6 is 15.9 Å². The van der Waals surface area contributed by atoms with Crippen LogP contribution in [0.25, 0.3) is 0 Å². The van der Waals surface area contributed by atoms with Crippen molar-refractivity contribution < 1.29 is 0 Å². The van der Waals surface area contributed by atoms with Crippen molar-refractivity contribution in [3.8, 4) is 0 Å². The molecule has 0 aliphatic heterocycles. The molecule has 0 bridgehead atoms. The average Bonchev–Trinajstić information content (AvgIpc) is 1.86. The van der Waals surface area contributed by atoms with Crippen LogP contribution in [0.1, 0.15) is 26.3 Å². The van der Waals surface area contributed by atoms with E-state index < -0.39 is 0 Å². The normalized spacial score (nSPS) is 11.6. The quantitative estimate of drug-likeness (QED) is 0.621. The van der Waals surface area contributed by atoms with Crippen molar-refractivity contribution in [3.05, 3.63) is 22.7 Å². The first-order chi connectivity index (χ1) is 5.02. The lowest BCUT2D eigenvalue weighted by atomic mass is 9.89. The summed E-state index contributed by atoms with van der Waals surface area (Å²) in [7, 11) is 0. The largest absolute Gasteiger partial charge is 0.244 e. The van der Waals surface area contributed by atoms with Gasteiger partial charge in [-0.05, 0) is 21.3 Å². The van der Waals surface area contributed by atoms with Crippen LogP contribution in [0.3, 0.4) is 0 Å². The van der Waals surface area contributed by atoms with E-state index in [-0.39, 0.29) is 5.41 Å². The second-order valence-electron chi connectivity index (χ2n) is 3.48. The van der Waals surface area contributed by atoms with Gasteiger partial charge < -0.3 is 0 Å². The van der Waals surface area contributed by atoms with E-state index in [9.17, 15) is 0 Å². The fraction of sp³-hybridized carbons (Fsp3) is 0.500. The molecule has 0 aliphatic rings. The van der Waals surface area contributed by atoms with Gasteiger partial charge in [-0.25, -0.2) is 9.97 Å². The molecule has 0 saturated heterocycles. The van der Waals surface area contributed by atoms with Gasteiger partial charge in [0.05, 0.1) is 0 Å². The molecular weight excluding hydrogens is 204 g/mol. The Bertz CT molecular complexity index is 253. The van der Waals surface area contributed by atoms with Crippen molar-refractivity contribution in [2.75, 3.05) is 0 Å². The lowest BCUT2D eigenvalue weighted by Gasteiger charge is -2.18. The molecule has 1 rings (SSSR count). The first kappa shape index (κ1) is 8.65. The van der Waals surface area contributed by atoms with Crippen LogP contribution in [0.2, 0.25) is 0 Å². The third-order valence-electron chi connectivity index (χ3n) is 1.47. The highest BCUT2D eigenvalue weighted by atomic mass is 79.9. The van der Waals surface area contributed by atoms with E-state index in [1.165, 1.54) is 0 Å². The zero-order valence-electron chi connectivity index (χ0n) is 6.93. The van der Waals surface area contributed by atoms with E-state index in [4.69, 9.17) is 0 Å². The van der Waals surface area contributed by atoms with Crippen molar-refractivity contribution in [1.29, 1.82) is 0 Å². The summed E-state index contributed by atoms with van der Waals surface area (Å²) in [6, 6.07) is 0. The number of halogens is 1. The van der Waals surface area contributed by atoms with E-state index in [1.54, 1.807) is 6.33 Å². The molecule has 0 saturated carbocycles. The van der Waals surface area contributed by atoms with E-state index in [2.05, 4.69) is 46.7 Å². The molecule has 0 aromatic carbocycles. The molecule has 0 unspecified atom stereocenters. The van der Waals surface area contributed by atoms with Crippen molar-refractivity contribution in [2.24, 2.45) is 0 Å². The standard InChI is InChI=1S/C8H11BrN2/c1-8(2,3)6-4-10-5-11-7(6)9/h4-5H,1-3H3. The number of hydrogen-bond donors (Lipinski definition) is 0. The Kier molecular flexibility index (Phi) is 2.28. The van der Waals surface area contributed by atoms with Crippen LogP contribution in [0.4, 0.5) is 0 Å². The van der Waals surface area contributed by atoms with Crippen LogP contribution < -0.4 is 0 Å². The Labute approximate surface area is 75.2 Å². The molecule has 1 heterocycles. The van der Waals surface area contributed by atoms with Crippen LogP contribution in [-0.4, -0.2) is 9.97 Å². The minimum absolute atomic E-state index is 0.111. The van der Waals surface area contributed by atoms with E-state index in [1.807, 2.05) is 6.20 Å². The van der Waals surface area contributed by atoms with Gasteiger partial charge in [0.15, 0.2) is 0 Å². The number of rotatable bonds is 0. The second kappa shape index (κ2) is 2.89. The maximum absolute atomic E-state index is 4.05. The monoisotopic (exact) mass is 214 g/mol. The second-order valence-corrected chi connectivity index (χ2v) is 4.23. The van der Waals surface area contributed by atoms with Crippen molar-refractivity contribution in [1.82, 2.24) is 9.97 Å². The Hall–Kier alpha value is -0.440. The minimum atomic E-state index is 0.111. The van der Waals surface area contributed by atoms with E-state index in [0.29, 0.717) is 0 Å². The summed E-state index contributed by atoms with van der Waals surface area (Å²) in [4.78, 5) is 8.02. The summed E-state index contributed by atoms with van der Waals surface area (Å²) in [5.41, 5.74) is 1.25. The molecule has 11 heavy (non-hydrogen) atoms. The third-order valence-corrected chi connectivity index (χ3v) is 2.10. The molecule has 0 radical (unpaired) electrons. The van der Waals surface area contributed by atoms with Gasteiger partial charge in [-0.3, -0.25) is 0 Å². The molecule has 0 N–H and O–H groups in total. The Morgan fingerprint density at radius 2 is 2.00 bits per heavy atom. The molecule has 1 aromatic rings. The molecule has 3 heteroatoms. The van der Waals surface area contributed by atoms with Gasteiger partial charge in [-0.15, -0.1) is 0 Å². The third kappa shape index (κ3) is 1.99. The van der Waals surface area contributed by atoms with Gasteiger partial charge in [0, 0.05) is 11.8 Å². The highest BCUT2D eigenvalue weighted by Crippen LogP contribution is 2.26. The Balaban J connectivity index is 3.14. The van der Waals surface area contributed by atoms with Crippen molar-refractivity contribution in [3.63, 3.8) is 0 Å². The molecule has 2 nitrogen and oxygen atoms in total. The van der Waals surface area contributed by atoms with Crippen molar-refractivity contribution in [2.45, 2.75) is 26.2 Å². The number of hydrogen-bond acceptors (Lipinski definition) is 2. The molecule has 0 aliphatic carbocycles. The van der Waals surface area contributed by atoms with Gasteiger partial charge >= 0.3 is 0 Å². The predicted octanol–water partition coefficient (Wildman–Crippen LogP) is 2.54. The molecular formula is C8H11BrN2. The summed E-state index contributed by atoms with van der Waals surface area (Å²) in [5, 5.41) is 0. The first-order valence-corrected chi connectivity index (χ1v) is 4.27. The summed E-state index contributed by atoms with van der Waals surface area (Å²) in [5.74, 6) is 0. The molecule has 0 spiro atoms. The summed E-state index contributed by atoms with van der Waals surface area (Å²) in [6.45, 7) is 6.41. The highest BCUT2D eigenvalue weighted by Gasteiger charge is 2.17. The first-order valence-electron chi connectivity index (χ1n) is 3.48. The lowest BCUT2D eigenvalue weighted by Crippen LogP contribution is -2.12. The van der Waals surface area contributed by atoms with Crippen molar-refractivity contribution >= 4 is 15.9 Å².